The fourth-order valence-corrected chi connectivity index (χ4v) is 1.53. The first kappa shape index (κ1) is 19.0. The predicted octanol–water partition coefficient (Wildman–Crippen LogP) is 1.64. The number of benzene rings is 1. The standard InChI is InChI=1S/C15H22N6S2/c1-11(16-18-14(22)20(2)3)13(12-9-7-6-8-10-12)17-19-15(23)21(4)5/h6-10H,1-5H3,(H,18,22)(H,19,23)/b16-11-,17-13-. The van der Waals surface area contributed by atoms with E-state index in [4.69, 9.17) is 24.4 Å². The third-order valence-electron chi connectivity index (χ3n) is 2.78. The maximum absolute atomic E-state index is 5.20. The number of nitrogens with zero attached hydrogens (tertiary/aromatic N) is 4. The van der Waals surface area contributed by atoms with E-state index in [2.05, 4.69) is 21.1 Å². The summed E-state index contributed by atoms with van der Waals surface area (Å²) in [5.41, 5.74) is 8.01. The van der Waals surface area contributed by atoms with Crippen molar-refractivity contribution in [3.8, 4) is 0 Å². The van der Waals surface area contributed by atoms with Crippen molar-refractivity contribution in [3.05, 3.63) is 35.9 Å². The van der Waals surface area contributed by atoms with Gasteiger partial charge in [0.05, 0.1) is 5.71 Å². The molecule has 1 aromatic carbocycles. The number of thiocarbonyl (C=S) groups is 2. The van der Waals surface area contributed by atoms with Gasteiger partial charge in [0.25, 0.3) is 0 Å². The second kappa shape index (κ2) is 9.16. The Hall–Kier alpha value is -2.06. The lowest BCUT2D eigenvalue weighted by Gasteiger charge is -2.15. The van der Waals surface area contributed by atoms with Crippen LogP contribution in [0.4, 0.5) is 0 Å². The van der Waals surface area contributed by atoms with Crippen molar-refractivity contribution in [2.75, 3.05) is 28.2 Å². The summed E-state index contributed by atoms with van der Waals surface area (Å²) in [5, 5.41) is 9.73. The molecule has 2 N–H and O–H groups in total. The molecule has 0 radical (unpaired) electrons. The first-order valence-corrected chi connectivity index (χ1v) is 7.77. The summed E-state index contributed by atoms with van der Waals surface area (Å²) in [7, 11) is 7.41. The Labute approximate surface area is 148 Å². The molecule has 0 aliphatic carbocycles. The Balaban J connectivity index is 3.04. The second-order valence-electron chi connectivity index (χ2n) is 5.15. The van der Waals surface area contributed by atoms with E-state index in [0.717, 1.165) is 5.56 Å². The van der Waals surface area contributed by atoms with E-state index < -0.39 is 0 Å². The van der Waals surface area contributed by atoms with Crippen LogP contribution in [0.1, 0.15) is 12.5 Å². The van der Waals surface area contributed by atoms with Gasteiger partial charge in [0, 0.05) is 33.8 Å². The summed E-state index contributed by atoms with van der Waals surface area (Å²) in [5.74, 6) is 0. The van der Waals surface area contributed by atoms with Gasteiger partial charge in [0.1, 0.15) is 5.71 Å². The van der Waals surface area contributed by atoms with Crippen molar-refractivity contribution in [3.63, 3.8) is 0 Å². The minimum Gasteiger partial charge on any atom is -0.354 e. The highest BCUT2D eigenvalue weighted by molar-refractivity contribution is 7.80. The average Bonchev–Trinajstić information content (AvgIpc) is 2.53. The maximum Gasteiger partial charge on any atom is 0.189 e. The molecule has 0 amide bonds. The van der Waals surface area contributed by atoms with Crippen molar-refractivity contribution in [2.24, 2.45) is 10.2 Å². The van der Waals surface area contributed by atoms with Crippen LogP contribution < -0.4 is 10.9 Å². The molecular weight excluding hydrogens is 328 g/mol. The molecule has 0 aromatic heterocycles. The normalized spacial score (nSPS) is 11.7. The fraction of sp³-hybridized carbons (Fsp3) is 0.333. The quantitative estimate of drug-likeness (QED) is 0.489. The maximum atomic E-state index is 5.20. The summed E-state index contributed by atoms with van der Waals surface area (Å²) in [6, 6.07) is 9.76. The molecule has 0 heterocycles. The molecule has 1 rings (SSSR count). The van der Waals surface area contributed by atoms with Crippen LogP contribution in [-0.4, -0.2) is 59.6 Å². The van der Waals surface area contributed by atoms with Crippen LogP contribution in [0.3, 0.4) is 0 Å². The third kappa shape index (κ3) is 6.29. The zero-order chi connectivity index (χ0) is 17.4. The fourth-order valence-electron chi connectivity index (χ4n) is 1.44. The van der Waals surface area contributed by atoms with Crippen LogP contribution >= 0.6 is 24.4 Å². The van der Waals surface area contributed by atoms with Gasteiger partial charge in [-0.2, -0.15) is 10.2 Å². The van der Waals surface area contributed by atoms with Gasteiger partial charge in [0.15, 0.2) is 10.2 Å². The van der Waals surface area contributed by atoms with Crippen LogP contribution in [-0.2, 0) is 0 Å². The van der Waals surface area contributed by atoms with Gasteiger partial charge >= 0.3 is 0 Å². The second-order valence-corrected chi connectivity index (χ2v) is 5.92. The Morgan fingerprint density at radius 2 is 1.35 bits per heavy atom. The first-order chi connectivity index (χ1) is 10.8. The molecule has 23 heavy (non-hydrogen) atoms. The summed E-state index contributed by atoms with van der Waals surface area (Å²) in [4.78, 5) is 3.54. The van der Waals surface area contributed by atoms with Gasteiger partial charge in [-0.25, -0.2) is 0 Å². The van der Waals surface area contributed by atoms with E-state index in [1.54, 1.807) is 9.80 Å². The number of hydrogen-bond acceptors (Lipinski definition) is 4. The lowest BCUT2D eigenvalue weighted by atomic mass is 10.1. The molecule has 1 aromatic rings. The number of hydrogen-bond donors (Lipinski definition) is 2. The zero-order valence-electron chi connectivity index (χ0n) is 14.0. The monoisotopic (exact) mass is 350 g/mol. The van der Waals surface area contributed by atoms with Crippen LogP contribution in [0.15, 0.2) is 40.5 Å². The lowest BCUT2D eigenvalue weighted by molar-refractivity contribution is 0.605. The van der Waals surface area contributed by atoms with Gasteiger partial charge in [-0.3, -0.25) is 10.9 Å². The van der Waals surface area contributed by atoms with E-state index in [-0.39, 0.29) is 0 Å². The first-order valence-electron chi connectivity index (χ1n) is 6.95. The topological polar surface area (TPSA) is 55.3 Å². The SMILES string of the molecule is CC(=N/NC(=S)N(C)C)/C(=N/NC(=S)N(C)C)c1ccccc1. The van der Waals surface area contributed by atoms with Gasteiger partial charge in [0.2, 0.25) is 0 Å². The molecule has 0 saturated carbocycles. The summed E-state index contributed by atoms with van der Waals surface area (Å²) in [6.07, 6.45) is 0. The summed E-state index contributed by atoms with van der Waals surface area (Å²) in [6.45, 7) is 1.86. The van der Waals surface area contributed by atoms with E-state index in [1.807, 2.05) is 65.4 Å². The van der Waals surface area contributed by atoms with E-state index >= 15 is 0 Å². The van der Waals surface area contributed by atoms with Crippen molar-refractivity contribution in [2.45, 2.75) is 6.92 Å². The molecule has 0 atom stereocenters. The van der Waals surface area contributed by atoms with Crippen molar-refractivity contribution < 1.29 is 0 Å². The molecule has 0 fully saturated rings. The number of rotatable bonds is 4. The van der Waals surface area contributed by atoms with Crippen LogP contribution in [0, 0.1) is 0 Å². The Morgan fingerprint density at radius 3 is 1.83 bits per heavy atom. The zero-order valence-corrected chi connectivity index (χ0v) is 15.6. The van der Waals surface area contributed by atoms with E-state index in [9.17, 15) is 0 Å². The van der Waals surface area contributed by atoms with Crippen molar-refractivity contribution >= 4 is 46.1 Å². The molecule has 0 spiro atoms. The van der Waals surface area contributed by atoms with Crippen LogP contribution in [0.25, 0.3) is 0 Å². The lowest BCUT2D eigenvalue weighted by Crippen LogP contribution is -2.34. The van der Waals surface area contributed by atoms with Crippen LogP contribution in [0.2, 0.25) is 0 Å². The molecule has 8 heteroatoms. The average molecular weight is 351 g/mol. The van der Waals surface area contributed by atoms with Gasteiger partial charge in [-0.05, 0) is 31.4 Å². The minimum atomic E-state index is 0.517. The van der Waals surface area contributed by atoms with Crippen LogP contribution in [0.5, 0.6) is 0 Å². The molecule has 6 nitrogen and oxygen atoms in total. The highest BCUT2D eigenvalue weighted by Crippen LogP contribution is 2.03. The molecular formula is C15H22N6S2. The van der Waals surface area contributed by atoms with Gasteiger partial charge in [-0.1, -0.05) is 30.3 Å². The number of hydrazone groups is 2. The Morgan fingerprint density at radius 1 is 0.870 bits per heavy atom. The Bertz CT molecular complexity index is 608. The summed E-state index contributed by atoms with van der Waals surface area (Å²) < 4.78 is 0. The minimum absolute atomic E-state index is 0.517. The van der Waals surface area contributed by atoms with Gasteiger partial charge in [-0.15, -0.1) is 0 Å². The van der Waals surface area contributed by atoms with Crippen molar-refractivity contribution in [1.29, 1.82) is 0 Å². The van der Waals surface area contributed by atoms with Gasteiger partial charge < -0.3 is 9.80 Å². The summed E-state index contributed by atoms with van der Waals surface area (Å²) >= 11 is 10.4. The highest BCUT2D eigenvalue weighted by atomic mass is 32.1. The number of nitrogens with one attached hydrogen (secondary N) is 2. The smallest absolute Gasteiger partial charge is 0.189 e. The van der Waals surface area contributed by atoms with E-state index in [0.29, 0.717) is 21.6 Å². The molecule has 0 aliphatic rings. The molecule has 0 aliphatic heterocycles. The van der Waals surface area contributed by atoms with Crippen molar-refractivity contribution in [1.82, 2.24) is 20.7 Å². The molecule has 0 saturated heterocycles. The highest BCUT2D eigenvalue weighted by Gasteiger charge is 2.09. The Kier molecular flexibility index (Phi) is 7.56. The van der Waals surface area contributed by atoms with E-state index in [1.165, 1.54) is 0 Å². The third-order valence-corrected chi connectivity index (χ3v) is 3.70. The largest absolute Gasteiger partial charge is 0.354 e. The molecule has 0 unspecified atom stereocenters. The predicted molar refractivity (Wildman–Crippen MR) is 105 cm³/mol. The molecule has 0 bridgehead atoms. The molecule has 124 valence electrons.